The number of carbonyl (C=O) groups is 1. The van der Waals surface area contributed by atoms with Crippen LogP contribution in [0.5, 0.6) is 0 Å². The van der Waals surface area contributed by atoms with Gasteiger partial charge < -0.3 is 5.73 Å². The number of aromatic nitrogens is 4. The molecule has 0 radical (unpaired) electrons. The molecule has 0 fully saturated rings. The van der Waals surface area contributed by atoms with Gasteiger partial charge in [-0.2, -0.15) is 0 Å². The predicted molar refractivity (Wildman–Crippen MR) is 51.6 cm³/mol. The molecule has 2 heterocycles. The van der Waals surface area contributed by atoms with Gasteiger partial charge in [-0.15, -0.1) is 0 Å². The molecule has 0 aliphatic carbocycles. The fourth-order valence-electron chi connectivity index (χ4n) is 1.01. The van der Waals surface area contributed by atoms with Gasteiger partial charge in [0.2, 0.25) is 0 Å². The number of carbonyl (C=O) groups excluding carboxylic acids is 1. The van der Waals surface area contributed by atoms with Crippen molar-refractivity contribution in [2.75, 3.05) is 0 Å². The molecule has 15 heavy (non-hydrogen) atoms. The van der Waals surface area contributed by atoms with Crippen LogP contribution in [0.15, 0.2) is 31.0 Å². The highest BCUT2D eigenvalue weighted by Gasteiger charge is 2.04. The van der Waals surface area contributed by atoms with E-state index >= 15 is 0 Å². The van der Waals surface area contributed by atoms with Crippen LogP contribution in [-0.2, 0) is 0 Å². The van der Waals surface area contributed by atoms with Gasteiger partial charge in [0.15, 0.2) is 5.82 Å². The second-order valence-corrected chi connectivity index (χ2v) is 2.75. The van der Waals surface area contributed by atoms with Gasteiger partial charge in [-0.25, -0.2) is 19.9 Å². The molecule has 6 heteroatoms. The molecule has 0 aliphatic heterocycles. The maximum atomic E-state index is 10.8. The van der Waals surface area contributed by atoms with E-state index in [0.717, 1.165) is 0 Å². The van der Waals surface area contributed by atoms with Gasteiger partial charge in [-0.1, -0.05) is 0 Å². The van der Waals surface area contributed by atoms with E-state index in [4.69, 9.17) is 5.73 Å². The number of nitrogens with zero attached hydrogens (tertiary/aromatic N) is 4. The number of primary amides is 1. The smallest absolute Gasteiger partial charge is 0.251 e. The van der Waals surface area contributed by atoms with Gasteiger partial charge in [0, 0.05) is 18.6 Å². The third-order valence-electron chi connectivity index (χ3n) is 1.75. The fourth-order valence-corrected chi connectivity index (χ4v) is 1.01. The Kier molecular flexibility index (Phi) is 2.32. The molecule has 0 aromatic carbocycles. The summed E-state index contributed by atoms with van der Waals surface area (Å²) < 4.78 is 0. The number of hydrogen-bond donors (Lipinski definition) is 1. The summed E-state index contributed by atoms with van der Waals surface area (Å²) >= 11 is 0. The normalized spacial score (nSPS) is 9.87. The van der Waals surface area contributed by atoms with Crippen molar-refractivity contribution in [1.82, 2.24) is 19.9 Å². The largest absolute Gasteiger partial charge is 0.366 e. The van der Waals surface area contributed by atoms with Gasteiger partial charge in [-0.3, -0.25) is 4.79 Å². The molecule has 0 bridgehead atoms. The Morgan fingerprint density at radius 2 is 1.93 bits per heavy atom. The van der Waals surface area contributed by atoms with Crippen LogP contribution in [0.1, 0.15) is 10.4 Å². The van der Waals surface area contributed by atoms with Crippen molar-refractivity contribution < 1.29 is 4.79 Å². The summed E-state index contributed by atoms with van der Waals surface area (Å²) in [6.45, 7) is 0. The second kappa shape index (κ2) is 3.79. The van der Waals surface area contributed by atoms with Crippen molar-refractivity contribution >= 4 is 5.91 Å². The molecule has 74 valence electrons. The van der Waals surface area contributed by atoms with Crippen LogP contribution in [0.3, 0.4) is 0 Å². The summed E-state index contributed by atoms with van der Waals surface area (Å²) in [7, 11) is 0. The van der Waals surface area contributed by atoms with Crippen LogP contribution in [0.4, 0.5) is 0 Å². The molecule has 6 nitrogen and oxygen atoms in total. The summed E-state index contributed by atoms with van der Waals surface area (Å²) in [5.74, 6) is -0.119. The molecule has 2 aromatic rings. The Balaban J connectivity index is 2.36. The zero-order valence-corrected chi connectivity index (χ0v) is 7.66. The zero-order valence-electron chi connectivity index (χ0n) is 7.66. The van der Waals surface area contributed by atoms with E-state index in [1.165, 1.54) is 18.7 Å². The first-order valence-electron chi connectivity index (χ1n) is 4.15. The fraction of sp³-hybridized carbons (Fsp3) is 0. The minimum Gasteiger partial charge on any atom is -0.366 e. The topological polar surface area (TPSA) is 94.7 Å². The standard InChI is InChI=1S/C9H7N5O/c10-8(15)6-3-12-9(13-4-6)7-1-2-11-5-14-7/h1-5H,(H2,10,15). The van der Waals surface area contributed by atoms with E-state index in [1.54, 1.807) is 12.3 Å². The van der Waals surface area contributed by atoms with E-state index in [-0.39, 0.29) is 5.56 Å². The lowest BCUT2D eigenvalue weighted by Gasteiger charge is -1.98. The van der Waals surface area contributed by atoms with Gasteiger partial charge in [-0.05, 0) is 6.07 Å². The van der Waals surface area contributed by atoms with Crippen molar-refractivity contribution in [3.63, 3.8) is 0 Å². The van der Waals surface area contributed by atoms with E-state index < -0.39 is 5.91 Å². The van der Waals surface area contributed by atoms with Gasteiger partial charge in [0.1, 0.15) is 12.0 Å². The SMILES string of the molecule is NC(=O)c1cnc(-c2ccncn2)nc1. The number of hydrogen-bond acceptors (Lipinski definition) is 5. The summed E-state index contributed by atoms with van der Waals surface area (Å²) in [6.07, 6.45) is 5.73. The number of rotatable bonds is 2. The highest BCUT2D eigenvalue weighted by Crippen LogP contribution is 2.08. The molecule has 2 rings (SSSR count). The van der Waals surface area contributed by atoms with Gasteiger partial charge >= 0.3 is 0 Å². The summed E-state index contributed by atoms with van der Waals surface area (Å²) in [5.41, 5.74) is 5.93. The first-order chi connectivity index (χ1) is 7.27. The number of amides is 1. The summed E-state index contributed by atoms with van der Waals surface area (Å²) in [6, 6.07) is 1.68. The van der Waals surface area contributed by atoms with Crippen LogP contribution in [0.2, 0.25) is 0 Å². The van der Waals surface area contributed by atoms with Gasteiger partial charge in [0.25, 0.3) is 5.91 Å². The Hall–Kier alpha value is -2.37. The van der Waals surface area contributed by atoms with Crippen molar-refractivity contribution in [1.29, 1.82) is 0 Å². The third kappa shape index (κ3) is 1.93. The molecular weight excluding hydrogens is 194 g/mol. The lowest BCUT2D eigenvalue weighted by atomic mass is 10.3. The second-order valence-electron chi connectivity index (χ2n) is 2.75. The van der Waals surface area contributed by atoms with Crippen LogP contribution >= 0.6 is 0 Å². The van der Waals surface area contributed by atoms with Gasteiger partial charge in [0.05, 0.1) is 5.56 Å². The zero-order chi connectivity index (χ0) is 10.7. The van der Waals surface area contributed by atoms with Crippen molar-refractivity contribution in [2.45, 2.75) is 0 Å². The van der Waals surface area contributed by atoms with E-state index in [1.807, 2.05) is 0 Å². The molecule has 0 saturated heterocycles. The molecule has 1 amide bonds. The Morgan fingerprint density at radius 3 is 2.47 bits per heavy atom. The third-order valence-corrected chi connectivity index (χ3v) is 1.75. The van der Waals surface area contributed by atoms with Crippen molar-refractivity contribution in [3.8, 4) is 11.5 Å². The minimum absolute atomic E-state index is 0.271. The van der Waals surface area contributed by atoms with Crippen LogP contribution in [-0.4, -0.2) is 25.8 Å². The summed E-state index contributed by atoms with van der Waals surface area (Å²) in [5, 5.41) is 0. The first kappa shape index (κ1) is 9.20. The maximum absolute atomic E-state index is 10.8. The van der Waals surface area contributed by atoms with E-state index in [2.05, 4.69) is 19.9 Å². The molecule has 0 unspecified atom stereocenters. The molecule has 0 aliphatic rings. The average molecular weight is 201 g/mol. The number of nitrogens with two attached hydrogens (primary N) is 1. The summed E-state index contributed by atoms with van der Waals surface area (Å²) in [4.78, 5) is 26.4. The monoisotopic (exact) mass is 201 g/mol. The predicted octanol–water partition coefficient (Wildman–Crippen LogP) is 0.0325. The minimum atomic E-state index is -0.552. The molecule has 0 spiro atoms. The van der Waals surface area contributed by atoms with E-state index in [0.29, 0.717) is 11.5 Å². The lowest BCUT2D eigenvalue weighted by Crippen LogP contribution is -2.11. The van der Waals surface area contributed by atoms with Crippen LogP contribution < -0.4 is 5.73 Å². The Bertz CT molecular complexity index is 468. The molecule has 2 N–H and O–H groups in total. The molecule has 2 aromatic heterocycles. The van der Waals surface area contributed by atoms with Crippen molar-refractivity contribution in [3.05, 3.63) is 36.5 Å². The average Bonchev–Trinajstić information content (AvgIpc) is 2.30. The molecular formula is C9H7N5O. The quantitative estimate of drug-likeness (QED) is 0.739. The van der Waals surface area contributed by atoms with Crippen LogP contribution in [0, 0.1) is 0 Å². The molecule has 0 atom stereocenters. The maximum Gasteiger partial charge on any atom is 0.251 e. The first-order valence-corrected chi connectivity index (χ1v) is 4.15. The van der Waals surface area contributed by atoms with Crippen molar-refractivity contribution in [2.24, 2.45) is 5.73 Å². The lowest BCUT2D eigenvalue weighted by molar-refractivity contribution is 0.0999. The highest BCUT2D eigenvalue weighted by molar-refractivity contribution is 5.92. The molecule has 0 saturated carbocycles. The van der Waals surface area contributed by atoms with Crippen LogP contribution in [0.25, 0.3) is 11.5 Å². The van der Waals surface area contributed by atoms with E-state index in [9.17, 15) is 4.79 Å². The highest BCUT2D eigenvalue weighted by atomic mass is 16.1. The Labute approximate surface area is 85.2 Å². The Morgan fingerprint density at radius 1 is 1.20 bits per heavy atom.